The van der Waals surface area contributed by atoms with E-state index in [1.165, 1.54) is 11.8 Å². The van der Waals surface area contributed by atoms with Crippen molar-refractivity contribution in [2.24, 2.45) is 0 Å². The Kier molecular flexibility index (Phi) is 3.66. The molecule has 0 atom stereocenters. The lowest BCUT2D eigenvalue weighted by Gasteiger charge is -2.29. The van der Waals surface area contributed by atoms with Gasteiger partial charge in [-0.15, -0.1) is 11.8 Å². The molecule has 0 fully saturated rings. The standard InChI is InChI=1S/C16H13NO3S/c18-15-10-21-14-7-6-12(16(19)20)8-13(14)17(15)9-11-4-2-1-3-5-11/h1-8H,9-10H2,(H,19,20). The third kappa shape index (κ3) is 2.78. The number of anilines is 1. The van der Waals surface area contributed by atoms with Crippen molar-refractivity contribution in [2.45, 2.75) is 11.4 Å². The number of carbonyl (C=O) groups is 2. The van der Waals surface area contributed by atoms with Crippen LogP contribution in [-0.4, -0.2) is 22.7 Å². The van der Waals surface area contributed by atoms with Gasteiger partial charge in [0, 0.05) is 4.90 Å². The first kappa shape index (κ1) is 13.7. The van der Waals surface area contributed by atoms with Gasteiger partial charge in [-0.1, -0.05) is 30.3 Å². The molecule has 0 saturated heterocycles. The second kappa shape index (κ2) is 5.61. The van der Waals surface area contributed by atoms with Crippen molar-refractivity contribution in [1.82, 2.24) is 0 Å². The van der Waals surface area contributed by atoms with Gasteiger partial charge in [-0.2, -0.15) is 0 Å². The molecule has 0 radical (unpaired) electrons. The van der Waals surface area contributed by atoms with Crippen LogP contribution in [0.3, 0.4) is 0 Å². The summed E-state index contributed by atoms with van der Waals surface area (Å²) in [7, 11) is 0. The Morgan fingerprint density at radius 1 is 1.19 bits per heavy atom. The summed E-state index contributed by atoms with van der Waals surface area (Å²) < 4.78 is 0. The number of hydrogen-bond acceptors (Lipinski definition) is 3. The number of carboxylic acids is 1. The Hall–Kier alpha value is -2.27. The number of hydrogen-bond donors (Lipinski definition) is 1. The fourth-order valence-corrected chi connectivity index (χ4v) is 3.19. The zero-order valence-electron chi connectivity index (χ0n) is 11.2. The van der Waals surface area contributed by atoms with E-state index in [0.717, 1.165) is 10.5 Å². The van der Waals surface area contributed by atoms with Crippen LogP contribution < -0.4 is 4.90 Å². The number of thioether (sulfide) groups is 1. The molecule has 2 aromatic rings. The number of benzene rings is 2. The Morgan fingerprint density at radius 2 is 1.95 bits per heavy atom. The van der Waals surface area contributed by atoms with Crippen molar-refractivity contribution in [2.75, 3.05) is 10.7 Å². The molecule has 21 heavy (non-hydrogen) atoms. The number of carbonyl (C=O) groups excluding carboxylic acids is 1. The fraction of sp³-hybridized carbons (Fsp3) is 0.125. The molecule has 4 nitrogen and oxygen atoms in total. The van der Waals surface area contributed by atoms with E-state index >= 15 is 0 Å². The van der Waals surface area contributed by atoms with Gasteiger partial charge < -0.3 is 10.0 Å². The van der Waals surface area contributed by atoms with Crippen LogP contribution in [0, 0.1) is 0 Å². The third-order valence-corrected chi connectivity index (χ3v) is 4.38. The van der Waals surface area contributed by atoms with Gasteiger partial charge in [0.25, 0.3) is 0 Å². The Balaban J connectivity index is 1.99. The van der Waals surface area contributed by atoms with Crippen molar-refractivity contribution in [3.8, 4) is 0 Å². The highest BCUT2D eigenvalue weighted by molar-refractivity contribution is 8.00. The molecular weight excluding hydrogens is 286 g/mol. The summed E-state index contributed by atoms with van der Waals surface area (Å²) in [6, 6.07) is 14.6. The van der Waals surface area contributed by atoms with Gasteiger partial charge in [0.15, 0.2) is 0 Å². The van der Waals surface area contributed by atoms with E-state index in [2.05, 4.69) is 0 Å². The zero-order valence-corrected chi connectivity index (χ0v) is 12.0. The highest BCUT2D eigenvalue weighted by Gasteiger charge is 2.25. The monoisotopic (exact) mass is 299 g/mol. The van der Waals surface area contributed by atoms with Crippen molar-refractivity contribution in [1.29, 1.82) is 0 Å². The number of amides is 1. The van der Waals surface area contributed by atoms with Crippen LogP contribution in [0.4, 0.5) is 5.69 Å². The van der Waals surface area contributed by atoms with Crippen LogP contribution in [-0.2, 0) is 11.3 Å². The number of rotatable bonds is 3. The topological polar surface area (TPSA) is 57.6 Å². The lowest BCUT2D eigenvalue weighted by molar-refractivity contribution is -0.116. The van der Waals surface area contributed by atoms with Gasteiger partial charge >= 0.3 is 5.97 Å². The largest absolute Gasteiger partial charge is 0.478 e. The number of aromatic carboxylic acids is 1. The van der Waals surface area contributed by atoms with Crippen molar-refractivity contribution in [3.63, 3.8) is 0 Å². The summed E-state index contributed by atoms with van der Waals surface area (Å²) in [6.45, 7) is 0.455. The van der Waals surface area contributed by atoms with Crippen molar-refractivity contribution < 1.29 is 14.7 Å². The molecule has 0 saturated carbocycles. The van der Waals surface area contributed by atoms with E-state index < -0.39 is 5.97 Å². The molecule has 0 unspecified atom stereocenters. The van der Waals surface area contributed by atoms with Crippen LogP contribution >= 0.6 is 11.8 Å². The summed E-state index contributed by atoms with van der Waals surface area (Å²) in [5.41, 5.74) is 1.89. The van der Waals surface area contributed by atoms with E-state index in [0.29, 0.717) is 18.0 Å². The van der Waals surface area contributed by atoms with Gasteiger partial charge in [-0.05, 0) is 23.8 Å². The summed E-state index contributed by atoms with van der Waals surface area (Å²) in [5.74, 6) is -0.605. The first-order valence-electron chi connectivity index (χ1n) is 6.49. The number of carboxylic acid groups (broad SMARTS) is 1. The zero-order chi connectivity index (χ0) is 14.8. The first-order valence-corrected chi connectivity index (χ1v) is 7.48. The lowest BCUT2D eigenvalue weighted by Crippen LogP contribution is -2.34. The predicted octanol–water partition coefficient (Wildman–Crippen LogP) is 3.02. The minimum absolute atomic E-state index is 0.00103. The number of nitrogens with zero attached hydrogens (tertiary/aromatic N) is 1. The van der Waals surface area contributed by atoms with Gasteiger partial charge in [-0.25, -0.2) is 4.79 Å². The third-order valence-electron chi connectivity index (χ3n) is 3.33. The van der Waals surface area contributed by atoms with Gasteiger partial charge in [0.05, 0.1) is 23.5 Å². The molecule has 5 heteroatoms. The average molecular weight is 299 g/mol. The minimum Gasteiger partial charge on any atom is -0.478 e. The highest BCUT2D eigenvalue weighted by Crippen LogP contribution is 2.36. The van der Waals surface area contributed by atoms with E-state index in [4.69, 9.17) is 5.11 Å². The number of fused-ring (bicyclic) bond motifs is 1. The SMILES string of the molecule is O=C(O)c1ccc2c(c1)N(Cc1ccccc1)C(=O)CS2. The normalized spacial score (nSPS) is 13.9. The van der Waals surface area contributed by atoms with Gasteiger partial charge in [0.1, 0.15) is 0 Å². The second-order valence-electron chi connectivity index (χ2n) is 4.74. The van der Waals surface area contributed by atoms with Crippen molar-refractivity contribution >= 4 is 29.3 Å². The van der Waals surface area contributed by atoms with Crippen LogP contribution in [0.1, 0.15) is 15.9 Å². The predicted molar refractivity (Wildman–Crippen MR) is 81.8 cm³/mol. The van der Waals surface area contributed by atoms with Crippen LogP contribution in [0.2, 0.25) is 0 Å². The molecule has 0 aliphatic carbocycles. The summed E-state index contributed by atoms with van der Waals surface area (Å²) in [6.07, 6.45) is 0. The molecule has 0 aromatic heterocycles. The minimum atomic E-state index is -0.986. The molecular formula is C16H13NO3S. The molecule has 1 aliphatic heterocycles. The average Bonchev–Trinajstić information content (AvgIpc) is 2.50. The lowest BCUT2D eigenvalue weighted by atomic mass is 10.1. The molecule has 1 N–H and O–H groups in total. The molecule has 1 heterocycles. The maximum absolute atomic E-state index is 12.2. The van der Waals surface area contributed by atoms with E-state index in [9.17, 15) is 9.59 Å². The van der Waals surface area contributed by atoms with Gasteiger partial charge in [0.2, 0.25) is 5.91 Å². The molecule has 3 rings (SSSR count). The van der Waals surface area contributed by atoms with E-state index in [1.807, 2.05) is 30.3 Å². The molecule has 1 aliphatic rings. The highest BCUT2D eigenvalue weighted by atomic mass is 32.2. The molecule has 1 amide bonds. The molecule has 0 spiro atoms. The Bertz CT molecular complexity index is 700. The quantitative estimate of drug-likeness (QED) is 0.946. The molecule has 2 aromatic carbocycles. The van der Waals surface area contributed by atoms with Crippen LogP contribution in [0.25, 0.3) is 0 Å². The summed E-state index contributed by atoms with van der Waals surface area (Å²) in [5, 5.41) is 9.12. The fourth-order valence-electron chi connectivity index (χ4n) is 2.27. The van der Waals surface area contributed by atoms with Gasteiger partial charge in [-0.3, -0.25) is 4.79 Å². The van der Waals surface area contributed by atoms with Crippen LogP contribution in [0.5, 0.6) is 0 Å². The first-order chi connectivity index (χ1) is 10.1. The Morgan fingerprint density at radius 3 is 2.67 bits per heavy atom. The molecule has 0 bridgehead atoms. The van der Waals surface area contributed by atoms with Crippen LogP contribution in [0.15, 0.2) is 53.4 Å². The van der Waals surface area contributed by atoms with Crippen molar-refractivity contribution in [3.05, 3.63) is 59.7 Å². The van der Waals surface area contributed by atoms with E-state index in [-0.39, 0.29) is 11.5 Å². The Labute approximate surface area is 126 Å². The smallest absolute Gasteiger partial charge is 0.335 e. The summed E-state index contributed by atoms with van der Waals surface area (Å²) >= 11 is 1.45. The maximum atomic E-state index is 12.2. The summed E-state index contributed by atoms with van der Waals surface area (Å²) in [4.78, 5) is 25.9. The second-order valence-corrected chi connectivity index (χ2v) is 5.76. The molecule has 106 valence electrons. The van der Waals surface area contributed by atoms with E-state index in [1.54, 1.807) is 23.1 Å². The maximum Gasteiger partial charge on any atom is 0.335 e.